The maximum atomic E-state index is 12.7. The molecule has 4 rings (SSSR count). The topological polar surface area (TPSA) is 63.7 Å². The van der Waals surface area contributed by atoms with Crippen molar-refractivity contribution in [3.05, 3.63) is 59.4 Å². The number of fused-ring (bicyclic) bond motifs is 1. The van der Waals surface area contributed by atoms with Crippen LogP contribution in [-0.2, 0) is 11.2 Å². The number of morpholine rings is 1. The molecule has 0 bridgehead atoms. The Morgan fingerprint density at radius 1 is 1.23 bits per heavy atom. The molecule has 2 aromatic rings. The number of aromatic nitrogens is 1. The number of rotatable bonds is 5. The van der Waals surface area contributed by atoms with Crippen molar-refractivity contribution in [2.45, 2.75) is 12.5 Å². The predicted molar refractivity (Wildman–Crippen MR) is 97.3 cm³/mol. The standard InChI is InChI=1S/C20H23N3O3/c24-20(16-3-4-19-15(12-16)5-9-26-19)22-14-18(17-2-1-6-21-13-17)23-7-10-25-11-8-23/h1-4,6,12-13,18H,5,7-11,14H2,(H,22,24)/t18-/m0/s1. The summed E-state index contributed by atoms with van der Waals surface area (Å²) in [6.45, 7) is 4.38. The Bertz CT molecular complexity index is 760. The molecule has 2 aliphatic rings. The van der Waals surface area contributed by atoms with Crippen LogP contribution in [0, 0.1) is 0 Å². The molecule has 0 spiro atoms. The minimum Gasteiger partial charge on any atom is -0.493 e. The number of carbonyl (C=O) groups excluding carboxylic acids is 1. The normalized spacial score (nSPS) is 18.0. The molecule has 0 unspecified atom stereocenters. The van der Waals surface area contributed by atoms with Crippen LogP contribution in [0.15, 0.2) is 42.7 Å². The Kier molecular flexibility index (Phi) is 5.13. The average molecular weight is 353 g/mol. The van der Waals surface area contributed by atoms with Crippen LogP contribution in [0.2, 0.25) is 0 Å². The zero-order valence-corrected chi connectivity index (χ0v) is 14.7. The Morgan fingerprint density at radius 2 is 2.12 bits per heavy atom. The summed E-state index contributed by atoms with van der Waals surface area (Å²) in [7, 11) is 0. The molecule has 1 N–H and O–H groups in total. The lowest BCUT2D eigenvalue weighted by atomic mass is 10.1. The fourth-order valence-electron chi connectivity index (χ4n) is 3.54. The van der Waals surface area contributed by atoms with Gasteiger partial charge in [-0.15, -0.1) is 0 Å². The lowest BCUT2D eigenvalue weighted by Gasteiger charge is -2.34. The quantitative estimate of drug-likeness (QED) is 0.888. The first-order valence-electron chi connectivity index (χ1n) is 9.07. The highest BCUT2D eigenvalue weighted by atomic mass is 16.5. The third-order valence-corrected chi connectivity index (χ3v) is 4.96. The molecular formula is C20H23N3O3. The van der Waals surface area contributed by atoms with Crippen molar-refractivity contribution in [3.8, 4) is 5.75 Å². The molecule has 2 aliphatic heterocycles. The number of carbonyl (C=O) groups is 1. The van der Waals surface area contributed by atoms with Crippen molar-refractivity contribution in [1.29, 1.82) is 0 Å². The molecule has 136 valence electrons. The average Bonchev–Trinajstić information content (AvgIpc) is 3.17. The molecule has 1 aromatic heterocycles. The Balaban J connectivity index is 1.46. The van der Waals surface area contributed by atoms with Crippen LogP contribution in [0.3, 0.4) is 0 Å². The van der Waals surface area contributed by atoms with Gasteiger partial charge in [0.2, 0.25) is 0 Å². The summed E-state index contributed by atoms with van der Waals surface area (Å²) < 4.78 is 11.0. The molecule has 1 amide bonds. The Morgan fingerprint density at radius 3 is 2.92 bits per heavy atom. The highest BCUT2D eigenvalue weighted by Crippen LogP contribution is 2.26. The largest absolute Gasteiger partial charge is 0.493 e. The van der Waals surface area contributed by atoms with E-state index in [1.54, 1.807) is 6.20 Å². The van der Waals surface area contributed by atoms with Crippen molar-refractivity contribution in [3.63, 3.8) is 0 Å². The van der Waals surface area contributed by atoms with Gasteiger partial charge in [-0.1, -0.05) is 6.07 Å². The van der Waals surface area contributed by atoms with Crippen LogP contribution in [-0.4, -0.2) is 55.2 Å². The maximum Gasteiger partial charge on any atom is 0.251 e. The monoisotopic (exact) mass is 353 g/mol. The van der Waals surface area contributed by atoms with Crippen molar-refractivity contribution < 1.29 is 14.3 Å². The predicted octanol–water partition coefficient (Wildman–Crippen LogP) is 1.82. The first-order valence-corrected chi connectivity index (χ1v) is 9.07. The number of hydrogen-bond acceptors (Lipinski definition) is 5. The van der Waals surface area contributed by atoms with E-state index in [0.717, 1.165) is 49.6 Å². The van der Waals surface area contributed by atoms with Gasteiger partial charge in [0.1, 0.15) is 5.75 Å². The van der Waals surface area contributed by atoms with Crippen molar-refractivity contribution >= 4 is 5.91 Å². The molecular weight excluding hydrogens is 330 g/mol. The first-order chi connectivity index (χ1) is 12.8. The number of benzene rings is 1. The van der Waals surface area contributed by atoms with Gasteiger partial charge in [-0.2, -0.15) is 0 Å². The molecule has 1 aromatic carbocycles. The molecule has 1 fully saturated rings. The van der Waals surface area contributed by atoms with E-state index in [2.05, 4.69) is 21.3 Å². The van der Waals surface area contributed by atoms with Gasteiger partial charge in [-0.25, -0.2) is 0 Å². The SMILES string of the molecule is O=C(NC[C@@H](c1cccnc1)N1CCOCC1)c1ccc2c(c1)CCO2. The van der Waals surface area contributed by atoms with Crippen LogP contribution >= 0.6 is 0 Å². The smallest absolute Gasteiger partial charge is 0.251 e. The molecule has 1 atom stereocenters. The summed E-state index contributed by atoms with van der Waals surface area (Å²) in [5.74, 6) is 0.838. The summed E-state index contributed by atoms with van der Waals surface area (Å²) in [6, 6.07) is 9.74. The Labute approximate surface area is 153 Å². The van der Waals surface area contributed by atoms with Crippen LogP contribution < -0.4 is 10.1 Å². The Hall–Kier alpha value is -2.44. The molecule has 26 heavy (non-hydrogen) atoms. The van der Waals surface area contributed by atoms with E-state index in [-0.39, 0.29) is 11.9 Å². The highest BCUT2D eigenvalue weighted by Gasteiger charge is 2.24. The lowest BCUT2D eigenvalue weighted by molar-refractivity contribution is 0.0161. The van der Waals surface area contributed by atoms with Crippen LogP contribution in [0.1, 0.15) is 27.5 Å². The minimum absolute atomic E-state index is 0.0538. The number of amides is 1. The van der Waals surface area contributed by atoms with Gasteiger partial charge < -0.3 is 14.8 Å². The van der Waals surface area contributed by atoms with Gasteiger partial charge in [0.25, 0.3) is 5.91 Å². The number of hydrogen-bond donors (Lipinski definition) is 1. The molecule has 0 radical (unpaired) electrons. The summed E-state index contributed by atoms with van der Waals surface area (Å²) in [5, 5.41) is 3.10. The first kappa shape index (κ1) is 17.0. The molecule has 0 saturated carbocycles. The molecule has 1 saturated heterocycles. The second kappa shape index (κ2) is 7.85. The van der Waals surface area contributed by atoms with E-state index < -0.39 is 0 Å². The zero-order valence-electron chi connectivity index (χ0n) is 14.7. The summed E-state index contributed by atoms with van der Waals surface area (Å²) in [5.41, 5.74) is 2.90. The van der Waals surface area contributed by atoms with Crippen molar-refractivity contribution in [1.82, 2.24) is 15.2 Å². The molecule has 3 heterocycles. The lowest BCUT2D eigenvalue weighted by Crippen LogP contribution is -2.43. The van der Waals surface area contributed by atoms with Crippen LogP contribution in [0.4, 0.5) is 0 Å². The van der Waals surface area contributed by atoms with E-state index in [1.807, 2.05) is 30.5 Å². The minimum atomic E-state index is -0.0538. The summed E-state index contributed by atoms with van der Waals surface area (Å²) in [4.78, 5) is 19.2. The van der Waals surface area contributed by atoms with Crippen molar-refractivity contribution in [2.24, 2.45) is 0 Å². The van der Waals surface area contributed by atoms with E-state index >= 15 is 0 Å². The van der Waals surface area contributed by atoms with Gasteiger partial charge in [0.05, 0.1) is 25.9 Å². The van der Waals surface area contributed by atoms with Gasteiger partial charge in [-0.05, 0) is 35.4 Å². The van der Waals surface area contributed by atoms with Crippen molar-refractivity contribution in [2.75, 3.05) is 39.5 Å². The van der Waals surface area contributed by atoms with E-state index in [0.29, 0.717) is 18.7 Å². The number of pyridine rings is 1. The van der Waals surface area contributed by atoms with Gasteiger partial charge in [0, 0.05) is 44.0 Å². The van der Waals surface area contributed by atoms with Crippen LogP contribution in [0.25, 0.3) is 0 Å². The van der Waals surface area contributed by atoms with Gasteiger partial charge in [-0.3, -0.25) is 14.7 Å². The highest BCUT2D eigenvalue weighted by molar-refractivity contribution is 5.94. The molecule has 0 aliphatic carbocycles. The molecule has 6 nitrogen and oxygen atoms in total. The van der Waals surface area contributed by atoms with E-state index in [9.17, 15) is 4.79 Å². The second-order valence-electron chi connectivity index (χ2n) is 6.58. The summed E-state index contributed by atoms with van der Waals surface area (Å²) >= 11 is 0. The number of nitrogens with one attached hydrogen (secondary N) is 1. The summed E-state index contributed by atoms with van der Waals surface area (Å²) in [6.07, 6.45) is 4.51. The third-order valence-electron chi connectivity index (χ3n) is 4.96. The fraction of sp³-hybridized carbons (Fsp3) is 0.400. The second-order valence-corrected chi connectivity index (χ2v) is 6.58. The van der Waals surface area contributed by atoms with Gasteiger partial charge >= 0.3 is 0 Å². The molecule has 6 heteroatoms. The zero-order chi connectivity index (χ0) is 17.8. The number of ether oxygens (including phenoxy) is 2. The van der Waals surface area contributed by atoms with E-state index in [4.69, 9.17) is 9.47 Å². The fourth-order valence-corrected chi connectivity index (χ4v) is 3.54. The third kappa shape index (κ3) is 3.71. The van der Waals surface area contributed by atoms with E-state index in [1.165, 1.54) is 0 Å². The van der Waals surface area contributed by atoms with Gasteiger partial charge in [0.15, 0.2) is 0 Å². The van der Waals surface area contributed by atoms with Crippen LogP contribution in [0.5, 0.6) is 5.75 Å². The maximum absolute atomic E-state index is 12.7. The number of nitrogens with zero attached hydrogens (tertiary/aromatic N) is 2.